The second-order valence-corrected chi connectivity index (χ2v) is 16.7. The van der Waals surface area contributed by atoms with Crippen LogP contribution in [0.3, 0.4) is 0 Å². The lowest BCUT2D eigenvalue weighted by Crippen LogP contribution is -2.49. The summed E-state index contributed by atoms with van der Waals surface area (Å²) in [6.07, 6.45) is -3.86. The molecule has 3 aromatic heterocycles. The molecule has 0 aromatic carbocycles. The summed E-state index contributed by atoms with van der Waals surface area (Å²) in [6.45, 7) is 18.4. The van der Waals surface area contributed by atoms with Crippen LogP contribution in [-0.2, 0) is 14.2 Å². The molecule has 60 heavy (non-hydrogen) atoms. The van der Waals surface area contributed by atoms with Crippen molar-refractivity contribution in [3.8, 4) is 0 Å². The third-order valence-electron chi connectivity index (χ3n) is 12.8. The van der Waals surface area contributed by atoms with Crippen molar-refractivity contribution in [2.75, 3.05) is 18.1 Å². The number of hydrogen-bond donors (Lipinski definition) is 5. The molecule has 20 heteroatoms. The van der Waals surface area contributed by atoms with Crippen molar-refractivity contribution in [1.29, 1.82) is 0 Å². The van der Waals surface area contributed by atoms with Crippen molar-refractivity contribution in [2.24, 2.45) is 29.6 Å². The van der Waals surface area contributed by atoms with Crippen molar-refractivity contribution in [3.05, 3.63) is 78.6 Å². The van der Waals surface area contributed by atoms with Crippen molar-refractivity contribution >= 4 is 11.6 Å². The number of alkyl halides is 3. The van der Waals surface area contributed by atoms with E-state index in [1.54, 1.807) is 13.8 Å². The summed E-state index contributed by atoms with van der Waals surface area (Å²) >= 11 is 0. The van der Waals surface area contributed by atoms with Crippen LogP contribution >= 0.6 is 0 Å². The van der Waals surface area contributed by atoms with Crippen molar-refractivity contribution in [3.63, 3.8) is 0 Å². The van der Waals surface area contributed by atoms with E-state index in [1.165, 1.54) is 41.4 Å². The lowest BCUT2D eigenvalue weighted by Gasteiger charge is -2.35. The van der Waals surface area contributed by atoms with E-state index in [0.717, 1.165) is 9.13 Å². The van der Waals surface area contributed by atoms with Gasteiger partial charge in [-0.05, 0) is 42.7 Å². The Hall–Kier alpha value is -4.37. The number of nitrogens with zero attached hydrogens (tertiary/aromatic N) is 5. The fraction of sp³-hybridized carbons (Fsp3) is 0.700. The molecule has 17 nitrogen and oxygen atoms in total. The van der Waals surface area contributed by atoms with Crippen molar-refractivity contribution < 1.29 is 37.6 Å². The number of rotatable bonds is 9. The molecule has 12 atom stereocenters. The number of hydrogen-bond acceptors (Lipinski definition) is 13. The fourth-order valence-corrected chi connectivity index (χ4v) is 8.85. The predicted molar refractivity (Wildman–Crippen MR) is 217 cm³/mol. The van der Waals surface area contributed by atoms with Crippen LogP contribution in [0.2, 0.25) is 0 Å². The minimum absolute atomic E-state index is 0.0116. The molecule has 0 saturated carbocycles. The maximum absolute atomic E-state index is 14.6. The molecular weight excluding hydrogens is 793 g/mol. The number of ether oxygens (including phenoxy) is 3. The molecule has 336 valence electrons. The maximum Gasteiger partial charge on any atom is 0.351 e. The zero-order chi connectivity index (χ0) is 45.2. The fourth-order valence-electron chi connectivity index (χ4n) is 8.85. The van der Waals surface area contributed by atoms with Crippen molar-refractivity contribution in [2.45, 2.75) is 142 Å². The van der Waals surface area contributed by atoms with Gasteiger partial charge in [0.1, 0.15) is 23.3 Å². The molecule has 3 aliphatic rings. The van der Waals surface area contributed by atoms with E-state index in [1.807, 2.05) is 55.4 Å². The lowest BCUT2D eigenvalue weighted by atomic mass is 9.77. The molecule has 0 aliphatic carbocycles. The highest BCUT2D eigenvalue weighted by Gasteiger charge is 2.58. The molecule has 0 amide bonds. The number of nitrogen functional groups attached to an aromatic ring is 2. The number of nitrogens with two attached hydrogens (primary N) is 2. The van der Waals surface area contributed by atoms with Crippen LogP contribution in [0.25, 0.3) is 0 Å². The second-order valence-electron chi connectivity index (χ2n) is 16.7. The van der Waals surface area contributed by atoms with Gasteiger partial charge in [0.15, 0.2) is 37.2 Å². The van der Waals surface area contributed by atoms with E-state index in [2.05, 4.69) is 15.0 Å². The molecule has 0 unspecified atom stereocenters. The Labute approximate surface area is 345 Å². The van der Waals surface area contributed by atoms with Gasteiger partial charge < -0.3 is 35.9 Å². The van der Waals surface area contributed by atoms with Gasteiger partial charge in [-0.25, -0.2) is 27.6 Å². The molecule has 0 bridgehead atoms. The van der Waals surface area contributed by atoms with E-state index in [0.29, 0.717) is 12.8 Å². The molecule has 0 radical (unpaired) electrons. The number of anilines is 2. The second kappa shape index (κ2) is 18.7. The molecule has 6 rings (SSSR count). The zero-order valence-electron chi connectivity index (χ0n) is 35.8. The van der Waals surface area contributed by atoms with Gasteiger partial charge in [-0.2, -0.15) is 9.97 Å². The first-order chi connectivity index (χ1) is 28.0. The minimum atomic E-state index is -1.85. The van der Waals surface area contributed by atoms with Gasteiger partial charge >= 0.3 is 17.1 Å². The van der Waals surface area contributed by atoms with Crippen LogP contribution in [0.5, 0.6) is 0 Å². The van der Waals surface area contributed by atoms with Crippen molar-refractivity contribution in [1.82, 2.24) is 28.7 Å². The Morgan fingerprint density at radius 1 is 0.683 bits per heavy atom. The third kappa shape index (κ3) is 8.71. The van der Waals surface area contributed by atoms with Gasteiger partial charge in [0.25, 0.3) is 5.56 Å². The molecule has 3 aliphatic heterocycles. The number of halogens is 3. The van der Waals surface area contributed by atoms with E-state index in [4.69, 9.17) is 25.7 Å². The van der Waals surface area contributed by atoms with Gasteiger partial charge in [-0.1, -0.05) is 69.2 Å². The zero-order valence-corrected chi connectivity index (χ0v) is 35.8. The highest BCUT2D eigenvalue weighted by atomic mass is 19.1. The summed E-state index contributed by atoms with van der Waals surface area (Å²) in [5.74, 6) is -0.537. The average molecular weight is 855 g/mol. The Kier molecular flexibility index (Phi) is 15.1. The molecular formula is C40H61F3N8O9. The van der Waals surface area contributed by atoms with Crippen LogP contribution < -0.4 is 34.1 Å². The van der Waals surface area contributed by atoms with E-state index in [-0.39, 0.29) is 41.2 Å². The Morgan fingerprint density at radius 2 is 1.05 bits per heavy atom. The van der Waals surface area contributed by atoms with Crippen LogP contribution in [0, 0.1) is 29.6 Å². The Balaban J connectivity index is 0.000000198. The first-order valence-corrected chi connectivity index (χ1v) is 20.2. The molecule has 3 aromatic rings. The summed E-state index contributed by atoms with van der Waals surface area (Å²) in [5.41, 5.74) is 5.70. The summed E-state index contributed by atoms with van der Waals surface area (Å²) in [5, 5.41) is 19.5. The summed E-state index contributed by atoms with van der Waals surface area (Å²) in [7, 11) is 0. The topological polar surface area (TPSA) is 245 Å². The Morgan fingerprint density at radius 3 is 1.37 bits per heavy atom. The van der Waals surface area contributed by atoms with Crippen LogP contribution in [-0.4, -0.2) is 86.9 Å². The van der Waals surface area contributed by atoms with Gasteiger partial charge in [0, 0.05) is 36.5 Å². The first-order valence-electron chi connectivity index (χ1n) is 20.2. The normalized spacial score (nSPS) is 33.8. The van der Waals surface area contributed by atoms with Crippen LogP contribution in [0.1, 0.15) is 101 Å². The number of aliphatic hydroxyl groups is 2. The predicted octanol–water partition coefficient (Wildman–Crippen LogP) is 3.42. The number of H-pyrrole nitrogens is 1. The largest absolute Gasteiger partial charge is 0.393 e. The van der Waals surface area contributed by atoms with E-state index >= 15 is 0 Å². The van der Waals surface area contributed by atoms with Gasteiger partial charge in [0.2, 0.25) is 0 Å². The summed E-state index contributed by atoms with van der Waals surface area (Å²) < 4.78 is 64.2. The van der Waals surface area contributed by atoms with Gasteiger partial charge in [-0.15, -0.1) is 0 Å². The molecule has 0 spiro atoms. The molecule has 6 heterocycles. The number of aromatic nitrogens is 6. The lowest BCUT2D eigenvalue weighted by molar-refractivity contribution is -0.153. The monoisotopic (exact) mass is 854 g/mol. The average Bonchev–Trinajstić information content (AvgIpc) is 3.72. The smallest absolute Gasteiger partial charge is 0.351 e. The van der Waals surface area contributed by atoms with E-state index < -0.39 is 89.3 Å². The van der Waals surface area contributed by atoms with E-state index in [9.17, 15) is 42.6 Å². The quantitative estimate of drug-likeness (QED) is 0.208. The molecule has 7 N–H and O–H groups in total. The summed E-state index contributed by atoms with van der Waals surface area (Å²) in [4.78, 5) is 55.8. The van der Waals surface area contributed by atoms with Gasteiger partial charge in [0.05, 0.1) is 17.8 Å². The number of aliphatic hydroxyl groups excluding tert-OH is 2. The number of nitrogens with one attached hydrogen (secondary N) is 1. The molecule has 3 fully saturated rings. The Bertz CT molecular complexity index is 2070. The standard InChI is InChI=1S/C14H22FN3O2.C14H21FN2O3.C12H18FN3O4/c1-5-14(8(2)3)9(4)11(15)12(20-14)18-7-6-10(16)17-13(18)19;1-5-14(8(2)3)9(4)11(15)12(20-14)17-7-6-10(18)16-13(17)19;1-6(2)12(5-17)9(18)8(13)10(20-12)16-4-3-7(14)15-11(16)19/h6-9,11-12H,5H2,1-4H3,(H2,16,17,19);6-9,11-12H,5H2,1-4H3,(H,16,18,19);3-4,6,8-10,17-18H,5H2,1-2H3,(H2,14,15,19)/t2*9-,11-,12+,14-;8-,9-,10+,12-/m000/s1. The highest BCUT2D eigenvalue weighted by Crippen LogP contribution is 2.50. The van der Waals surface area contributed by atoms with Crippen LogP contribution in [0.4, 0.5) is 24.8 Å². The molecule has 3 saturated heterocycles. The first kappa shape index (κ1) is 48.3. The SMILES string of the molecule is CC(C)[C@]1(CO)O[C@@H](n2ccc(N)nc2=O)[C@@H](F)[C@@H]1O.CC[C@@]1(C(C)C)O[C@@H](n2ccc(=O)[nH]c2=O)[C@@H](F)[C@@H]1C.CC[C@@]1(C(C)C)O[C@@H](n2ccc(N)nc2=O)[C@@H](F)[C@@H]1C. The maximum atomic E-state index is 14.6. The van der Waals surface area contributed by atoms with Crippen LogP contribution in [0.15, 0.2) is 56.0 Å². The highest BCUT2D eigenvalue weighted by molar-refractivity contribution is 5.24. The number of aromatic amines is 1. The summed E-state index contributed by atoms with van der Waals surface area (Å²) in [6, 6.07) is 4.01. The third-order valence-corrected chi connectivity index (χ3v) is 12.8. The minimum Gasteiger partial charge on any atom is -0.393 e. The van der Waals surface area contributed by atoms with Gasteiger partial charge in [-0.3, -0.25) is 23.5 Å².